The van der Waals surface area contributed by atoms with E-state index in [9.17, 15) is 0 Å². The Balaban J connectivity index is 1.51. The number of allylic oxidation sites excluding steroid dienone is 2. The summed E-state index contributed by atoms with van der Waals surface area (Å²) in [5, 5.41) is 5.59. The molecular weight excluding hydrogens is 412 g/mol. The molecule has 3 aromatic heterocycles. The number of hydrogen-bond acceptors (Lipinski definition) is 6. The SMILES string of the molecule is Nc1ncnc2c1c(-c1cccnc1)nn2CC1=C(c2ccccc2)Cc2ccccc2O1. The van der Waals surface area contributed by atoms with Crippen molar-refractivity contribution >= 4 is 22.4 Å². The summed E-state index contributed by atoms with van der Waals surface area (Å²) in [5.41, 5.74) is 11.9. The third-order valence-corrected chi connectivity index (χ3v) is 5.82. The number of rotatable bonds is 4. The molecule has 1 aliphatic rings. The highest BCUT2D eigenvalue weighted by atomic mass is 16.5. The van der Waals surface area contributed by atoms with Crippen LogP contribution in [0.1, 0.15) is 11.1 Å². The molecule has 33 heavy (non-hydrogen) atoms. The molecule has 1 aliphatic heterocycles. The van der Waals surface area contributed by atoms with Crippen molar-refractivity contribution in [3.8, 4) is 17.0 Å². The molecule has 2 aromatic carbocycles. The minimum absolute atomic E-state index is 0.386. The van der Waals surface area contributed by atoms with Crippen LogP contribution in [0.4, 0.5) is 5.82 Å². The van der Waals surface area contributed by atoms with E-state index in [2.05, 4.69) is 33.2 Å². The summed E-state index contributed by atoms with van der Waals surface area (Å²) in [6.45, 7) is 0.409. The third-order valence-electron chi connectivity index (χ3n) is 5.82. The lowest BCUT2D eigenvalue weighted by molar-refractivity contribution is 0.376. The van der Waals surface area contributed by atoms with Gasteiger partial charge in [0.25, 0.3) is 0 Å². The monoisotopic (exact) mass is 432 g/mol. The average molecular weight is 432 g/mol. The van der Waals surface area contributed by atoms with E-state index >= 15 is 0 Å². The van der Waals surface area contributed by atoms with Crippen LogP contribution in [0.25, 0.3) is 27.9 Å². The Kier molecular flexibility index (Phi) is 4.58. The van der Waals surface area contributed by atoms with Crippen molar-refractivity contribution in [3.63, 3.8) is 0 Å². The fraction of sp³-hybridized carbons (Fsp3) is 0.0769. The number of anilines is 1. The number of nitrogens with two attached hydrogens (primary N) is 1. The summed E-state index contributed by atoms with van der Waals surface area (Å²) < 4.78 is 8.26. The standard InChI is InChI=1S/C26H20N6O/c27-25-23-24(19-10-6-12-28-14-19)31-32(26(23)30-16-29-25)15-22-20(17-7-2-1-3-8-17)13-18-9-4-5-11-21(18)33-22/h1-12,14,16H,13,15H2,(H2,27,29,30). The molecule has 0 bridgehead atoms. The highest BCUT2D eigenvalue weighted by Gasteiger charge is 2.24. The maximum absolute atomic E-state index is 6.43. The van der Waals surface area contributed by atoms with Crippen molar-refractivity contribution in [3.05, 3.63) is 102 Å². The summed E-state index contributed by atoms with van der Waals surface area (Å²) in [5.74, 6) is 2.08. The van der Waals surface area contributed by atoms with Crippen molar-refractivity contribution in [2.75, 3.05) is 5.73 Å². The van der Waals surface area contributed by atoms with Gasteiger partial charge in [-0.3, -0.25) is 4.98 Å². The highest BCUT2D eigenvalue weighted by Crippen LogP contribution is 2.36. The van der Waals surface area contributed by atoms with Crippen molar-refractivity contribution in [2.45, 2.75) is 13.0 Å². The van der Waals surface area contributed by atoms with Gasteiger partial charge in [-0.05, 0) is 29.3 Å². The molecule has 4 heterocycles. The lowest BCUT2D eigenvalue weighted by Crippen LogP contribution is -2.16. The van der Waals surface area contributed by atoms with E-state index in [0.717, 1.165) is 40.2 Å². The number of nitrogens with zero attached hydrogens (tertiary/aromatic N) is 5. The summed E-state index contributed by atoms with van der Waals surface area (Å²) >= 11 is 0. The second-order valence-electron chi connectivity index (χ2n) is 7.86. The molecule has 0 unspecified atom stereocenters. The molecule has 7 heteroatoms. The first-order valence-corrected chi connectivity index (χ1v) is 10.7. The van der Waals surface area contributed by atoms with Crippen molar-refractivity contribution in [1.29, 1.82) is 0 Å². The van der Waals surface area contributed by atoms with Crippen LogP contribution in [0.5, 0.6) is 5.75 Å². The van der Waals surface area contributed by atoms with Crippen LogP contribution in [0.15, 0.2) is 91.2 Å². The summed E-state index contributed by atoms with van der Waals surface area (Å²) in [6.07, 6.45) is 5.74. The molecule has 0 aliphatic carbocycles. The van der Waals surface area contributed by atoms with E-state index in [1.54, 1.807) is 12.4 Å². The number of aromatic nitrogens is 5. The van der Waals surface area contributed by atoms with Gasteiger partial charge in [-0.2, -0.15) is 5.10 Å². The van der Waals surface area contributed by atoms with Crippen molar-refractivity contribution in [1.82, 2.24) is 24.7 Å². The van der Waals surface area contributed by atoms with Crippen molar-refractivity contribution in [2.24, 2.45) is 0 Å². The quantitative estimate of drug-likeness (QED) is 0.449. The highest BCUT2D eigenvalue weighted by molar-refractivity contribution is 5.98. The van der Waals surface area contributed by atoms with E-state index in [1.165, 1.54) is 6.33 Å². The minimum atomic E-state index is 0.386. The predicted octanol–water partition coefficient (Wildman–Crippen LogP) is 4.52. The Morgan fingerprint density at radius 3 is 2.58 bits per heavy atom. The number of pyridine rings is 1. The maximum atomic E-state index is 6.43. The van der Waals surface area contributed by atoms with E-state index in [4.69, 9.17) is 15.6 Å². The summed E-state index contributed by atoms with van der Waals surface area (Å²) in [6, 6.07) is 22.3. The summed E-state index contributed by atoms with van der Waals surface area (Å²) in [4.78, 5) is 12.9. The first kappa shape index (κ1) is 19.2. The number of ether oxygens (including phenoxy) is 1. The first-order valence-electron chi connectivity index (χ1n) is 10.7. The van der Waals surface area contributed by atoms with Crippen LogP contribution in [-0.2, 0) is 13.0 Å². The van der Waals surface area contributed by atoms with Crippen LogP contribution in [0, 0.1) is 0 Å². The van der Waals surface area contributed by atoms with Gasteiger partial charge in [0, 0.05) is 30.0 Å². The van der Waals surface area contributed by atoms with Gasteiger partial charge in [-0.25, -0.2) is 14.6 Å². The third kappa shape index (κ3) is 3.40. The molecule has 0 saturated heterocycles. The fourth-order valence-corrected chi connectivity index (χ4v) is 4.24. The Hall–Kier alpha value is -4.52. The lowest BCUT2D eigenvalue weighted by Gasteiger charge is -2.24. The molecule has 0 saturated carbocycles. The second kappa shape index (κ2) is 7.87. The second-order valence-corrected chi connectivity index (χ2v) is 7.86. The molecule has 160 valence electrons. The van der Waals surface area contributed by atoms with Gasteiger partial charge in [0.15, 0.2) is 5.65 Å². The lowest BCUT2D eigenvalue weighted by atomic mass is 9.94. The van der Waals surface area contributed by atoms with Gasteiger partial charge in [-0.1, -0.05) is 48.5 Å². The molecule has 0 spiro atoms. The maximum Gasteiger partial charge on any atom is 0.164 e. The van der Waals surface area contributed by atoms with Crippen LogP contribution in [0.2, 0.25) is 0 Å². The Morgan fingerprint density at radius 1 is 0.909 bits per heavy atom. The summed E-state index contributed by atoms with van der Waals surface area (Å²) in [7, 11) is 0. The van der Waals surface area contributed by atoms with Gasteiger partial charge in [0.1, 0.15) is 35.9 Å². The number of nitrogen functional groups attached to an aromatic ring is 1. The topological polar surface area (TPSA) is 91.7 Å². The van der Waals surface area contributed by atoms with Crippen molar-refractivity contribution < 1.29 is 4.74 Å². The molecule has 2 N–H and O–H groups in total. The molecule has 0 amide bonds. The van der Waals surface area contributed by atoms with Crippen LogP contribution >= 0.6 is 0 Å². The Labute approximate surface area is 190 Å². The number of benzene rings is 2. The molecule has 0 radical (unpaired) electrons. The first-order chi connectivity index (χ1) is 16.3. The van der Waals surface area contributed by atoms with E-state index in [1.807, 2.05) is 53.2 Å². The fourth-order valence-electron chi connectivity index (χ4n) is 4.24. The molecule has 6 rings (SSSR count). The Bertz CT molecular complexity index is 1490. The van der Waals surface area contributed by atoms with Gasteiger partial charge in [0.05, 0.1) is 5.39 Å². The predicted molar refractivity (Wildman–Crippen MR) is 127 cm³/mol. The van der Waals surface area contributed by atoms with Crippen LogP contribution in [-0.4, -0.2) is 24.7 Å². The largest absolute Gasteiger partial charge is 0.459 e. The van der Waals surface area contributed by atoms with Gasteiger partial charge >= 0.3 is 0 Å². The van der Waals surface area contributed by atoms with Crippen LogP contribution in [0.3, 0.4) is 0 Å². The zero-order chi connectivity index (χ0) is 22.2. The normalized spacial score (nSPS) is 13.1. The number of fused-ring (bicyclic) bond motifs is 2. The average Bonchev–Trinajstić information content (AvgIpc) is 3.24. The molecule has 0 atom stereocenters. The van der Waals surface area contributed by atoms with E-state index in [-0.39, 0.29) is 0 Å². The Morgan fingerprint density at radius 2 is 1.73 bits per heavy atom. The molecular formula is C26H20N6O. The van der Waals surface area contributed by atoms with E-state index in [0.29, 0.717) is 29.1 Å². The number of hydrogen-bond donors (Lipinski definition) is 1. The molecule has 0 fully saturated rings. The zero-order valence-corrected chi connectivity index (χ0v) is 17.7. The van der Waals surface area contributed by atoms with E-state index < -0.39 is 0 Å². The minimum Gasteiger partial charge on any atom is -0.459 e. The van der Waals surface area contributed by atoms with Crippen LogP contribution < -0.4 is 10.5 Å². The zero-order valence-electron chi connectivity index (χ0n) is 17.7. The molecule has 7 nitrogen and oxygen atoms in total. The van der Waals surface area contributed by atoms with Gasteiger partial charge < -0.3 is 10.5 Å². The molecule has 5 aromatic rings. The number of para-hydroxylation sites is 1. The van der Waals surface area contributed by atoms with Gasteiger partial charge in [-0.15, -0.1) is 0 Å². The smallest absolute Gasteiger partial charge is 0.164 e. The van der Waals surface area contributed by atoms with Gasteiger partial charge in [0.2, 0.25) is 0 Å².